The molecule has 2 aromatic rings. The summed E-state index contributed by atoms with van der Waals surface area (Å²) in [4.78, 5) is 52.5. The molecule has 2 aliphatic heterocycles. The van der Waals surface area contributed by atoms with E-state index in [1.807, 2.05) is 6.07 Å². The molecule has 7 heteroatoms. The van der Waals surface area contributed by atoms with Crippen LogP contribution in [0.3, 0.4) is 0 Å². The Labute approximate surface area is 174 Å². The molecule has 0 saturated heterocycles. The number of amides is 2. The Hall–Kier alpha value is -3.48. The lowest BCUT2D eigenvalue weighted by Crippen LogP contribution is -2.52. The smallest absolute Gasteiger partial charge is 0.265 e. The minimum atomic E-state index is -0.777. The lowest BCUT2D eigenvalue weighted by molar-refractivity contribution is -0.126. The fourth-order valence-electron chi connectivity index (χ4n) is 4.00. The Morgan fingerprint density at radius 2 is 1.63 bits per heavy atom. The molecule has 2 amide bonds. The molecule has 1 atom stereocenters. The van der Waals surface area contributed by atoms with Crippen molar-refractivity contribution in [2.45, 2.75) is 33.2 Å². The number of ketones is 2. The lowest BCUT2D eigenvalue weighted by Gasteiger charge is -2.35. The van der Waals surface area contributed by atoms with E-state index in [0.717, 1.165) is 11.3 Å². The third kappa shape index (κ3) is 3.26. The van der Waals surface area contributed by atoms with Crippen molar-refractivity contribution < 1.29 is 23.9 Å². The van der Waals surface area contributed by atoms with Gasteiger partial charge in [-0.25, -0.2) is 0 Å². The van der Waals surface area contributed by atoms with Crippen LogP contribution < -0.4 is 14.5 Å². The second-order valence-electron chi connectivity index (χ2n) is 7.61. The maximum absolute atomic E-state index is 13.4. The van der Waals surface area contributed by atoms with Gasteiger partial charge in [-0.2, -0.15) is 0 Å². The molecule has 0 aliphatic carbocycles. The number of carbonyl (C=O) groups excluding carboxylic acids is 4. The predicted octanol–water partition coefficient (Wildman–Crippen LogP) is 2.80. The number of rotatable bonds is 4. The summed E-state index contributed by atoms with van der Waals surface area (Å²) in [6.45, 7) is 4.96. The molecule has 2 aromatic carbocycles. The summed E-state index contributed by atoms with van der Waals surface area (Å²) in [5.74, 6) is -0.251. The second kappa shape index (κ2) is 7.40. The minimum Gasteiger partial charge on any atom is -0.482 e. The quantitative estimate of drug-likeness (QED) is 0.729. The maximum Gasteiger partial charge on any atom is 0.265 e. The molecule has 0 bridgehead atoms. The number of anilines is 2. The van der Waals surface area contributed by atoms with Gasteiger partial charge in [0.15, 0.2) is 18.2 Å². The third-order valence-corrected chi connectivity index (χ3v) is 5.64. The molecule has 30 heavy (non-hydrogen) atoms. The Kier molecular flexibility index (Phi) is 4.89. The van der Waals surface area contributed by atoms with Crippen LogP contribution in [0.1, 0.15) is 47.1 Å². The molecule has 2 aliphatic rings. The van der Waals surface area contributed by atoms with Crippen molar-refractivity contribution >= 4 is 34.8 Å². The summed E-state index contributed by atoms with van der Waals surface area (Å²) in [7, 11) is 0. The summed E-state index contributed by atoms with van der Waals surface area (Å²) >= 11 is 0. The fourth-order valence-corrected chi connectivity index (χ4v) is 4.00. The van der Waals surface area contributed by atoms with Crippen molar-refractivity contribution in [3.05, 3.63) is 53.1 Å². The highest BCUT2D eigenvalue weighted by atomic mass is 16.5. The van der Waals surface area contributed by atoms with Crippen LogP contribution in [0.15, 0.2) is 36.4 Å². The summed E-state index contributed by atoms with van der Waals surface area (Å²) in [5.41, 5.74) is 3.18. The SMILES string of the molecule is CC(=O)c1ccc2c(c1)CCN2C(=O)C(C)N1C(=O)COc2ccc(C(C)=O)cc21. The zero-order valence-electron chi connectivity index (χ0n) is 17.1. The molecule has 154 valence electrons. The van der Waals surface area contributed by atoms with Crippen molar-refractivity contribution in [3.63, 3.8) is 0 Å². The monoisotopic (exact) mass is 406 g/mol. The second-order valence-corrected chi connectivity index (χ2v) is 7.61. The van der Waals surface area contributed by atoms with Gasteiger partial charge in [-0.05, 0) is 69.2 Å². The number of nitrogens with zero attached hydrogens (tertiary/aromatic N) is 2. The van der Waals surface area contributed by atoms with E-state index in [2.05, 4.69) is 0 Å². The third-order valence-electron chi connectivity index (χ3n) is 5.64. The minimum absolute atomic E-state index is 0.0206. The Morgan fingerprint density at radius 3 is 2.33 bits per heavy atom. The average Bonchev–Trinajstić information content (AvgIpc) is 3.15. The highest BCUT2D eigenvalue weighted by Gasteiger charge is 2.37. The summed E-state index contributed by atoms with van der Waals surface area (Å²) in [6, 6.07) is 9.43. The summed E-state index contributed by atoms with van der Waals surface area (Å²) < 4.78 is 5.49. The van der Waals surface area contributed by atoms with Crippen molar-refractivity contribution in [1.29, 1.82) is 0 Å². The Morgan fingerprint density at radius 1 is 0.967 bits per heavy atom. The van der Waals surface area contributed by atoms with E-state index in [1.165, 1.54) is 18.7 Å². The first kappa shape index (κ1) is 19.8. The van der Waals surface area contributed by atoms with Crippen LogP contribution in [0.4, 0.5) is 11.4 Å². The van der Waals surface area contributed by atoms with Crippen LogP contribution in [0.2, 0.25) is 0 Å². The Bertz CT molecular complexity index is 1090. The van der Waals surface area contributed by atoms with E-state index in [4.69, 9.17) is 4.74 Å². The van der Waals surface area contributed by atoms with E-state index >= 15 is 0 Å². The standard InChI is InChI=1S/C23H22N2O5/c1-13(23(29)24-9-8-18-10-16(14(2)26)4-6-19(18)24)25-20-11-17(15(3)27)5-7-21(20)30-12-22(25)28/h4-7,10-11,13H,8-9,12H2,1-3H3. The van der Waals surface area contributed by atoms with Crippen LogP contribution in [0.5, 0.6) is 5.75 Å². The number of ether oxygens (including phenoxy) is 1. The highest BCUT2D eigenvalue weighted by molar-refractivity contribution is 6.09. The van der Waals surface area contributed by atoms with Crippen molar-refractivity contribution in [2.75, 3.05) is 23.0 Å². The highest BCUT2D eigenvalue weighted by Crippen LogP contribution is 2.36. The molecule has 0 radical (unpaired) electrons. The molecular formula is C23H22N2O5. The van der Waals surface area contributed by atoms with Gasteiger partial charge in [0.25, 0.3) is 5.91 Å². The van der Waals surface area contributed by atoms with E-state index in [0.29, 0.717) is 35.5 Å². The molecule has 7 nitrogen and oxygen atoms in total. The van der Waals surface area contributed by atoms with Gasteiger partial charge in [0.1, 0.15) is 11.8 Å². The van der Waals surface area contributed by atoms with Crippen LogP contribution in [0, 0.1) is 0 Å². The van der Waals surface area contributed by atoms with Crippen LogP contribution >= 0.6 is 0 Å². The molecule has 0 fully saturated rings. The van der Waals surface area contributed by atoms with Crippen LogP contribution in [-0.2, 0) is 16.0 Å². The van der Waals surface area contributed by atoms with Crippen molar-refractivity contribution in [2.24, 2.45) is 0 Å². The topological polar surface area (TPSA) is 84.0 Å². The van der Waals surface area contributed by atoms with Gasteiger partial charge >= 0.3 is 0 Å². The largest absolute Gasteiger partial charge is 0.482 e. The first-order valence-electron chi connectivity index (χ1n) is 9.83. The van der Waals surface area contributed by atoms with Gasteiger partial charge in [-0.1, -0.05) is 0 Å². The molecule has 0 aromatic heterocycles. The van der Waals surface area contributed by atoms with Gasteiger partial charge in [0.2, 0.25) is 5.91 Å². The van der Waals surface area contributed by atoms with Gasteiger partial charge in [-0.3, -0.25) is 24.1 Å². The van der Waals surface area contributed by atoms with Crippen LogP contribution in [-0.4, -0.2) is 42.6 Å². The molecule has 0 spiro atoms. The molecule has 2 heterocycles. The lowest BCUT2D eigenvalue weighted by atomic mass is 10.1. The molecule has 0 N–H and O–H groups in total. The van der Waals surface area contributed by atoms with E-state index in [1.54, 1.807) is 42.2 Å². The van der Waals surface area contributed by atoms with Gasteiger partial charge in [0.05, 0.1) is 5.69 Å². The fraction of sp³-hybridized carbons (Fsp3) is 0.304. The zero-order valence-corrected chi connectivity index (χ0v) is 17.1. The first-order valence-corrected chi connectivity index (χ1v) is 9.83. The van der Waals surface area contributed by atoms with Gasteiger partial charge in [0, 0.05) is 23.4 Å². The van der Waals surface area contributed by atoms with Crippen molar-refractivity contribution in [1.82, 2.24) is 0 Å². The summed E-state index contributed by atoms with van der Waals surface area (Å²) in [5, 5.41) is 0. The number of hydrogen-bond acceptors (Lipinski definition) is 5. The molecule has 4 rings (SSSR count). The maximum atomic E-state index is 13.4. The van der Waals surface area contributed by atoms with Gasteiger partial charge < -0.3 is 9.64 Å². The Balaban J connectivity index is 1.66. The van der Waals surface area contributed by atoms with E-state index < -0.39 is 6.04 Å². The van der Waals surface area contributed by atoms with Gasteiger partial charge in [-0.15, -0.1) is 0 Å². The van der Waals surface area contributed by atoms with Crippen LogP contribution in [0.25, 0.3) is 0 Å². The first-order chi connectivity index (χ1) is 14.3. The molecule has 0 saturated carbocycles. The normalized spacial score (nSPS) is 15.9. The predicted molar refractivity (Wildman–Crippen MR) is 111 cm³/mol. The van der Waals surface area contributed by atoms with E-state index in [9.17, 15) is 19.2 Å². The molecule has 1 unspecified atom stereocenters. The number of Topliss-reactive ketones (excluding diaryl/α,β-unsaturated/α-hetero) is 2. The number of carbonyl (C=O) groups is 4. The zero-order chi connectivity index (χ0) is 21.6. The number of hydrogen-bond donors (Lipinski definition) is 0. The number of benzene rings is 2. The van der Waals surface area contributed by atoms with Crippen molar-refractivity contribution in [3.8, 4) is 5.75 Å². The van der Waals surface area contributed by atoms with E-state index in [-0.39, 0.29) is 30.0 Å². The molecular weight excluding hydrogens is 384 g/mol. The average molecular weight is 406 g/mol. The number of fused-ring (bicyclic) bond motifs is 2. The summed E-state index contributed by atoms with van der Waals surface area (Å²) in [6.07, 6.45) is 0.650.